The van der Waals surface area contributed by atoms with Gasteiger partial charge >= 0.3 is 0 Å². The van der Waals surface area contributed by atoms with Gasteiger partial charge in [0.15, 0.2) is 0 Å². The Morgan fingerprint density at radius 3 is 3.00 bits per heavy atom. The number of fused-ring (bicyclic) bond motifs is 1. The molecule has 0 unspecified atom stereocenters. The molecule has 0 radical (unpaired) electrons. The molecule has 4 N–H and O–H groups in total. The molecule has 1 amide bonds. The van der Waals surface area contributed by atoms with Gasteiger partial charge < -0.3 is 20.9 Å². The molecule has 0 fully saturated rings. The molecule has 1 aliphatic heterocycles. The second-order valence-corrected chi connectivity index (χ2v) is 6.32. The number of imidazole rings is 1. The van der Waals surface area contributed by atoms with Crippen LogP contribution >= 0.6 is 23.1 Å². The molecule has 106 valence electrons. The van der Waals surface area contributed by atoms with Crippen molar-refractivity contribution in [2.45, 2.75) is 18.0 Å². The van der Waals surface area contributed by atoms with Crippen LogP contribution in [0.5, 0.6) is 0 Å². The number of amides is 1. The van der Waals surface area contributed by atoms with Crippen molar-refractivity contribution in [2.24, 2.45) is 5.73 Å². The summed E-state index contributed by atoms with van der Waals surface area (Å²) >= 11 is 2.92. The summed E-state index contributed by atoms with van der Waals surface area (Å²) in [6, 6.07) is 0. The average Bonchev–Trinajstić information content (AvgIpc) is 3.01. The van der Waals surface area contributed by atoms with Crippen LogP contribution in [0.2, 0.25) is 0 Å². The fourth-order valence-corrected chi connectivity index (χ4v) is 4.41. The Bertz CT molecular complexity index is 663. The number of carbonyl (C=O) groups is 1. The van der Waals surface area contributed by atoms with Crippen LogP contribution in [0.3, 0.4) is 0 Å². The first-order valence-electron chi connectivity index (χ1n) is 6.12. The molecule has 0 bridgehead atoms. The zero-order chi connectivity index (χ0) is 14.3. The molecule has 6 nitrogen and oxygen atoms in total. The van der Waals surface area contributed by atoms with Crippen molar-refractivity contribution in [3.05, 3.63) is 23.1 Å². The number of anilines is 2. The second kappa shape index (κ2) is 5.02. The van der Waals surface area contributed by atoms with Crippen LogP contribution in [0.1, 0.15) is 15.5 Å². The molecule has 3 heterocycles. The highest BCUT2D eigenvalue weighted by Gasteiger charge is 2.25. The van der Waals surface area contributed by atoms with Crippen molar-refractivity contribution in [1.82, 2.24) is 9.55 Å². The lowest BCUT2D eigenvalue weighted by Crippen LogP contribution is -2.33. The fourth-order valence-electron chi connectivity index (χ4n) is 2.35. The maximum absolute atomic E-state index is 11.5. The van der Waals surface area contributed by atoms with Crippen molar-refractivity contribution in [1.29, 1.82) is 0 Å². The van der Waals surface area contributed by atoms with E-state index in [1.165, 1.54) is 11.3 Å². The smallest absolute Gasteiger partial charge is 0.261 e. The predicted molar refractivity (Wildman–Crippen MR) is 82.3 cm³/mol. The van der Waals surface area contributed by atoms with Gasteiger partial charge in [-0.3, -0.25) is 4.79 Å². The third kappa shape index (κ3) is 2.04. The number of hydrogen-bond acceptors (Lipinski definition) is 6. The Labute approximate surface area is 124 Å². The Hall–Kier alpha value is -1.67. The van der Waals surface area contributed by atoms with Gasteiger partial charge in [-0.05, 0) is 6.26 Å². The molecule has 0 saturated carbocycles. The molecule has 0 atom stereocenters. The average molecular weight is 309 g/mol. The van der Waals surface area contributed by atoms with E-state index in [2.05, 4.69) is 14.5 Å². The van der Waals surface area contributed by atoms with Crippen molar-refractivity contribution in [3.8, 4) is 0 Å². The van der Waals surface area contributed by atoms with E-state index in [-0.39, 0.29) is 0 Å². The second-order valence-electron chi connectivity index (χ2n) is 4.51. The third-order valence-corrected chi connectivity index (χ3v) is 5.57. The highest BCUT2D eigenvalue weighted by atomic mass is 32.2. The highest BCUT2D eigenvalue weighted by Crippen LogP contribution is 2.44. The minimum Gasteiger partial charge on any atom is -0.396 e. The lowest BCUT2D eigenvalue weighted by Gasteiger charge is -2.29. The quantitative estimate of drug-likeness (QED) is 0.836. The molecule has 8 heteroatoms. The predicted octanol–water partition coefficient (Wildman–Crippen LogP) is 1.37. The zero-order valence-corrected chi connectivity index (χ0v) is 12.6. The number of nitrogens with zero attached hydrogens (tertiary/aromatic N) is 3. The van der Waals surface area contributed by atoms with Crippen LogP contribution in [0.25, 0.3) is 0 Å². The largest absolute Gasteiger partial charge is 0.396 e. The number of primary amides is 1. The van der Waals surface area contributed by atoms with Gasteiger partial charge in [0.25, 0.3) is 5.91 Å². The molecule has 1 aliphatic rings. The first kappa shape index (κ1) is 13.3. The SMILES string of the molecule is CSc1c(N2CCn3ccnc3C2)sc(C(N)=O)c1N. The summed E-state index contributed by atoms with van der Waals surface area (Å²) in [6.45, 7) is 2.47. The Kier molecular flexibility index (Phi) is 3.35. The summed E-state index contributed by atoms with van der Waals surface area (Å²) in [4.78, 5) is 19.4. The monoisotopic (exact) mass is 309 g/mol. The summed E-state index contributed by atoms with van der Waals surface area (Å²) < 4.78 is 2.14. The van der Waals surface area contributed by atoms with Crippen LogP contribution < -0.4 is 16.4 Å². The van der Waals surface area contributed by atoms with E-state index in [0.29, 0.717) is 10.6 Å². The van der Waals surface area contributed by atoms with Crippen LogP contribution in [-0.4, -0.2) is 28.3 Å². The van der Waals surface area contributed by atoms with E-state index in [4.69, 9.17) is 11.5 Å². The molecule has 2 aromatic heterocycles. The van der Waals surface area contributed by atoms with Gasteiger partial charge in [0, 0.05) is 25.5 Å². The van der Waals surface area contributed by atoms with Crippen LogP contribution in [0.4, 0.5) is 10.7 Å². The number of nitrogen functional groups attached to an aromatic ring is 1. The third-order valence-electron chi connectivity index (χ3n) is 3.34. The number of hydrogen-bond donors (Lipinski definition) is 2. The molecule has 0 saturated heterocycles. The number of thioether (sulfide) groups is 1. The van der Waals surface area contributed by atoms with Gasteiger partial charge in [-0.1, -0.05) is 0 Å². The lowest BCUT2D eigenvalue weighted by molar-refractivity contribution is 0.100. The van der Waals surface area contributed by atoms with Crippen molar-refractivity contribution in [3.63, 3.8) is 0 Å². The number of nitrogens with two attached hydrogens (primary N) is 2. The molecule has 20 heavy (non-hydrogen) atoms. The molecule has 3 rings (SSSR count). The molecule has 0 aliphatic carbocycles. The summed E-state index contributed by atoms with van der Waals surface area (Å²) in [5.41, 5.74) is 11.9. The zero-order valence-electron chi connectivity index (χ0n) is 11.0. The summed E-state index contributed by atoms with van der Waals surface area (Å²) in [5, 5.41) is 1.01. The van der Waals surface area contributed by atoms with Gasteiger partial charge in [-0.25, -0.2) is 4.98 Å². The number of carbonyl (C=O) groups excluding carboxylic acids is 1. The number of rotatable bonds is 3. The number of thiophene rings is 1. The van der Waals surface area contributed by atoms with Gasteiger partial charge in [0.1, 0.15) is 15.7 Å². The van der Waals surface area contributed by atoms with Gasteiger partial charge in [-0.2, -0.15) is 0 Å². The number of aromatic nitrogens is 2. The highest BCUT2D eigenvalue weighted by molar-refractivity contribution is 7.99. The van der Waals surface area contributed by atoms with E-state index in [1.54, 1.807) is 11.8 Å². The van der Waals surface area contributed by atoms with E-state index in [9.17, 15) is 4.79 Å². The summed E-state index contributed by atoms with van der Waals surface area (Å²) in [5.74, 6) is 0.559. The minimum absolute atomic E-state index is 0.443. The van der Waals surface area contributed by atoms with Crippen molar-refractivity contribution >= 4 is 39.7 Å². The molecular weight excluding hydrogens is 294 g/mol. The Balaban J connectivity index is 1.99. The van der Waals surface area contributed by atoms with Gasteiger partial charge in [-0.15, -0.1) is 23.1 Å². The molecule has 0 spiro atoms. The topological polar surface area (TPSA) is 90.2 Å². The van der Waals surface area contributed by atoms with E-state index in [0.717, 1.165) is 35.4 Å². The Morgan fingerprint density at radius 1 is 1.50 bits per heavy atom. The molecule has 2 aromatic rings. The standard InChI is InChI=1S/C12H15N5OS2/c1-19-10-8(13)9(11(14)18)20-12(10)17-5-4-16-3-2-15-7(16)6-17/h2-3H,4-6,13H2,1H3,(H2,14,18). The van der Waals surface area contributed by atoms with E-state index >= 15 is 0 Å². The molecule has 0 aromatic carbocycles. The van der Waals surface area contributed by atoms with Crippen molar-refractivity contribution < 1.29 is 4.79 Å². The normalized spacial score (nSPS) is 14.3. The van der Waals surface area contributed by atoms with Crippen molar-refractivity contribution in [2.75, 3.05) is 23.4 Å². The molecular formula is C12H15N5OS2. The first-order valence-corrected chi connectivity index (χ1v) is 8.17. The van der Waals surface area contributed by atoms with Crippen LogP contribution in [0, 0.1) is 0 Å². The lowest BCUT2D eigenvalue weighted by atomic mass is 10.3. The Morgan fingerprint density at radius 2 is 2.30 bits per heavy atom. The van der Waals surface area contributed by atoms with Gasteiger partial charge in [0.2, 0.25) is 0 Å². The summed E-state index contributed by atoms with van der Waals surface area (Å²) in [7, 11) is 0. The minimum atomic E-state index is -0.465. The maximum Gasteiger partial charge on any atom is 0.261 e. The van der Waals surface area contributed by atoms with Crippen LogP contribution in [-0.2, 0) is 13.1 Å². The van der Waals surface area contributed by atoms with Gasteiger partial charge in [0.05, 0.1) is 17.1 Å². The van der Waals surface area contributed by atoms with E-state index in [1.807, 2.05) is 18.6 Å². The van der Waals surface area contributed by atoms with Crippen LogP contribution in [0.15, 0.2) is 17.3 Å². The first-order chi connectivity index (χ1) is 9.61. The van der Waals surface area contributed by atoms with E-state index < -0.39 is 5.91 Å². The fraction of sp³-hybridized carbons (Fsp3) is 0.333. The maximum atomic E-state index is 11.5. The summed E-state index contributed by atoms with van der Waals surface area (Å²) in [6.07, 6.45) is 5.75.